The number of anilines is 1. The second-order valence-corrected chi connectivity index (χ2v) is 7.29. The Bertz CT molecular complexity index is 754. The molecule has 1 aromatic heterocycles. The fraction of sp³-hybridized carbons (Fsp3) is 0.333. The largest absolute Gasteiger partial charge is 0.394 e. The monoisotopic (exact) mass is 330 g/mol. The van der Waals surface area contributed by atoms with Crippen LogP contribution in [0.3, 0.4) is 0 Å². The number of nitrogens with one attached hydrogen (secondary N) is 1. The molecule has 0 aliphatic rings. The molecule has 2 aromatic rings. The molecule has 2 N–H and O–H groups in total. The van der Waals surface area contributed by atoms with Crippen LogP contribution in [0.25, 0.3) is 10.2 Å². The van der Waals surface area contributed by atoms with Gasteiger partial charge in [0.1, 0.15) is 6.61 Å². The zero-order valence-corrected chi connectivity index (χ0v) is 12.8. The van der Waals surface area contributed by atoms with Gasteiger partial charge in [-0.3, -0.25) is 10.1 Å². The van der Waals surface area contributed by atoms with Crippen LogP contribution < -0.4 is 5.32 Å². The average molecular weight is 330 g/mol. The van der Waals surface area contributed by atoms with Gasteiger partial charge in [0.2, 0.25) is 0 Å². The highest BCUT2D eigenvalue weighted by atomic mass is 32.2. The van der Waals surface area contributed by atoms with Gasteiger partial charge >= 0.3 is 0 Å². The number of amides is 1. The van der Waals surface area contributed by atoms with Gasteiger partial charge in [-0.25, -0.2) is 13.4 Å². The molecular formula is C12H14N2O5S2. The number of ether oxygens (including phenoxy) is 1. The van der Waals surface area contributed by atoms with Crippen molar-refractivity contribution >= 4 is 42.4 Å². The smallest absolute Gasteiger partial charge is 0.252 e. The summed E-state index contributed by atoms with van der Waals surface area (Å²) in [5.41, 5.74) is 0.610. The molecule has 0 fully saturated rings. The molecule has 0 radical (unpaired) electrons. The fourth-order valence-electron chi connectivity index (χ4n) is 1.57. The van der Waals surface area contributed by atoms with E-state index in [4.69, 9.17) is 9.84 Å². The molecule has 21 heavy (non-hydrogen) atoms. The van der Waals surface area contributed by atoms with Crippen molar-refractivity contribution in [3.63, 3.8) is 0 Å². The third-order valence-corrected chi connectivity index (χ3v) is 4.55. The van der Waals surface area contributed by atoms with Gasteiger partial charge in [-0.1, -0.05) is 11.3 Å². The minimum atomic E-state index is -3.28. The lowest BCUT2D eigenvalue weighted by Gasteiger charge is -2.01. The number of carbonyl (C=O) groups is 1. The number of aliphatic hydroxyl groups excluding tert-OH is 1. The second kappa shape index (κ2) is 6.48. The van der Waals surface area contributed by atoms with Crippen LogP contribution in [0.4, 0.5) is 5.13 Å². The Morgan fingerprint density at radius 3 is 2.90 bits per heavy atom. The van der Waals surface area contributed by atoms with Gasteiger partial charge in [0.15, 0.2) is 15.0 Å². The van der Waals surface area contributed by atoms with Crippen LogP contribution in [0, 0.1) is 0 Å². The molecule has 2 rings (SSSR count). The summed E-state index contributed by atoms with van der Waals surface area (Å²) in [6.45, 7) is -0.237. The highest BCUT2D eigenvalue weighted by Gasteiger charge is 2.12. The fourth-order valence-corrected chi connectivity index (χ4v) is 3.22. The SMILES string of the molecule is CS(=O)(=O)c1ccc2nc(NC(=O)COCCO)sc2c1. The van der Waals surface area contributed by atoms with Crippen LogP contribution in [-0.4, -0.2) is 50.5 Å². The van der Waals surface area contributed by atoms with E-state index >= 15 is 0 Å². The molecule has 0 saturated carbocycles. The van der Waals surface area contributed by atoms with Crippen LogP contribution in [0.2, 0.25) is 0 Å². The van der Waals surface area contributed by atoms with E-state index in [1.165, 1.54) is 23.5 Å². The van der Waals surface area contributed by atoms with Gasteiger partial charge < -0.3 is 9.84 Å². The Hall–Kier alpha value is -1.55. The number of thiazole rings is 1. The highest BCUT2D eigenvalue weighted by molar-refractivity contribution is 7.90. The summed E-state index contributed by atoms with van der Waals surface area (Å²) in [4.78, 5) is 15.9. The van der Waals surface area contributed by atoms with Gasteiger partial charge in [0, 0.05) is 6.26 Å². The molecule has 0 atom stereocenters. The van der Waals surface area contributed by atoms with Gasteiger partial charge in [-0.05, 0) is 18.2 Å². The summed E-state index contributed by atoms with van der Waals surface area (Å²) in [6, 6.07) is 4.60. The van der Waals surface area contributed by atoms with E-state index in [9.17, 15) is 13.2 Å². The lowest BCUT2D eigenvalue weighted by molar-refractivity contribution is -0.120. The van der Waals surface area contributed by atoms with E-state index < -0.39 is 9.84 Å². The molecular weight excluding hydrogens is 316 g/mol. The Labute approximate surface area is 125 Å². The number of hydrogen-bond donors (Lipinski definition) is 2. The average Bonchev–Trinajstić information content (AvgIpc) is 2.78. The van der Waals surface area contributed by atoms with Gasteiger partial charge in [-0.2, -0.15) is 0 Å². The quantitative estimate of drug-likeness (QED) is 0.753. The van der Waals surface area contributed by atoms with Gasteiger partial charge in [0.25, 0.3) is 5.91 Å². The number of hydrogen-bond acceptors (Lipinski definition) is 7. The predicted molar refractivity (Wildman–Crippen MR) is 79.3 cm³/mol. The summed E-state index contributed by atoms with van der Waals surface area (Å²) >= 11 is 1.18. The molecule has 1 amide bonds. The zero-order chi connectivity index (χ0) is 15.5. The number of aliphatic hydroxyl groups is 1. The van der Waals surface area contributed by atoms with E-state index in [0.29, 0.717) is 15.3 Å². The summed E-state index contributed by atoms with van der Waals surface area (Å²) in [5, 5.41) is 11.5. The van der Waals surface area contributed by atoms with E-state index in [0.717, 1.165) is 6.26 Å². The first-order valence-electron chi connectivity index (χ1n) is 5.99. The van der Waals surface area contributed by atoms with Crippen molar-refractivity contribution in [3.05, 3.63) is 18.2 Å². The van der Waals surface area contributed by atoms with E-state index in [2.05, 4.69) is 10.3 Å². The minimum Gasteiger partial charge on any atom is -0.394 e. The van der Waals surface area contributed by atoms with Crippen LogP contribution in [0.5, 0.6) is 0 Å². The molecule has 1 heterocycles. The number of nitrogens with zero attached hydrogens (tertiary/aromatic N) is 1. The van der Waals surface area contributed by atoms with Crippen LogP contribution in [-0.2, 0) is 19.4 Å². The van der Waals surface area contributed by atoms with Gasteiger partial charge in [0.05, 0.1) is 28.3 Å². The summed E-state index contributed by atoms with van der Waals surface area (Å²) in [6.07, 6.45) is 1.14. The van der Waals surface area contributed by atoms with Crippen LogP contribution in [0.1, 0.15) is 0 Å². The number of benzene rings is 1. The molecule has 0 bridgehead atoms. The molecule has 0 aliphatic heterocycles. The number of aromatic nitrogens is 1. The standard InChI is InChI=1S/C12H14N2O5S2/c1-21(17,18)8-2-3-9-10(6-8)20-12(13-9)14-11(16)7-19-5-4-15/h2-3,6,15H,4-5,7H2,1H3,(H,13,14,16). The Morgan fingerprint density at radius 1 is 1.48 bits per heavy atom. The maximum absolute atomic E-state index is 11.5. The van der Waals surface area contributed by atoms with E-state index in [1.54, 1.807) is 6.07 Å². The molecule has 114 valence electrons. The second-order valence-electron chi connectivity index (χ2n) is 4.25. The molecule has 0 aliphatic carbocycles. The Morgan fingerprint density at radius 2 is 2.24 bits per heavy atom. The first-order chi connectivity index (χ1) is 9.90. The lowest BCUT2D eigenvalue weighted by Crippen LogP contribution is -2.19. The molecule has 9 heteroatoms. The zero-order valence-electron chi connectivity index (χ0n) is 11.2. The Balaban J connectivity index is 2.14. The maximum Gasteiger partial charge on any atom is 0.252 e. The van der Waals surface area contributed by atoms with Crippen molar-refractivity contribution in [1.29, 1.82) is 0 Å². The number of fused-ring (bicyclic) bond motifs is 1. The first kappa shape index (κ1) is 15.8. The van der Waals surface area contributed by atoms with Crippen molar-refractivity contribution in [2.24, 2.45) is 0 Å². The van der Waals surface area contributed by atoms with Crippen LogP contribution >= 0.6 is 11.3 Å². The van der Waals surface area contributed by atoms with Crippen molar-refractivity contribution in [2.75, 3.05) is 31.4 Å². The number of carbonyl (C=O) groups excluding carboxylic acids is 1. The Kier molecular flexibility index (Phi) is 4.88. The molecule has 1 aromatic carbocycles. The minimum absolute atomic E-state index is 0.0883. The number of sulfone groups is 1. The third-order valence-electron chi connectivity index (χ3n) is 2.50. The molecule has 7 nitrogen and oxygen atoms in total. The van der Waals surface area contributed by atoms with Crippen molar-refractivity contribution in [2.45, 2.75) is 4.90 Å². The van der Waals surface area contributed by atoms with E-state index in [1.807, 2.05) is 0 Å². The lowest BCUT2D eigenvalue weighted by atomic mass is 10.3. The maximum atomic E-state index is 11.5. The molecule has 0 unspecified atom stereocenters. The summed E-state index contributed by atoms with van der Waals surface area (Å²) in [7, 11) is -3.28. The van der Waals surface area contributed by atoms with Crippen molar-refractivity contribution < 1.29 is 23.1 Å². The third kappa shape index (κ3) is 4.21. The van der Waals surface area contributed by atoms with Crippen molar-refractivity contribution in [3.8, 4) is 0 Å². The van der Waals surface area contributed by atoms with Gasteiger partial charge in [-0.15, -0.1) is 0 Å². The topological polar surface area (TPSA) is 106 Å². The first-order valence-corrected chi connectivity index (χ1v) is 8.70. The summed E-state index contributed by atoms with van der Waals surface area (Å²) < 4.78 is 28.5. The van der Waals surface area contributed by atoms with Crippen LogP contribution in [0.15, 0.2) is 23.1 Å². The molecule has 0 saturated heterocycles. The van der Waals surface area contributed by atoms with Crippen molar-refractivity contribution in [1.82, 2.24) is 4.98 Å². The summed E-state index contributed by atoms with van der Waals surface area (Å²) in [5.74, 6) is -0.383. The predicted octanol–water partition coefficient (Wildman–Crippen LogP) is 0.647. The normalized spacial score (nSPS) is 11.7. The van der Waals surface area contributed by atoms with E-state index in [-0.39, 0.29) is 30.6 Å². The molecule has 0 spiro atoms. The number of rotatable bonds is 6. The highest BCUT2D eigenvalue weighted by Crippen LogP contribution is 2.28.